The summed E-state index contributed by atoms with van der Waals surface area (Å²) in [4.78, 5) is 44.9. The number of unbranched alkanes of at least 4 members (excludes halogenated alkanes) is 2. The van der Waals surface area contributed by atoms with Crippen LogP contribution in [0.1, 0.15) is 57.8 Å². The highest BCUT2D eigenvalue weighted by Gasteiger charge is 2.76. The first kappa shape index (κ1) is 27.7. The minimum absolute atomic E-state index is 0.0109. The number of ether oxygens (including phenoxy) is 1. The fourth-order valence-electron chi connectivity index (χ4n) is 6.79. The maximum atomic E-state index is 14.3. The average Bonchev–Trinajstić information content (AvgIpc) is 3.46. The van der Waals surface area contributed by atoms with Crippen molar-refractivity contribution >= 4 is 45.5 Å². The molecule has 0 aromatic rings. The third-order valence-electron chi connectivity index (χ3n) is 8.31. The standard InChI is InChI=1S/C27H39BrN2O5S/c1-3-5-6-10-16-35-26(34)20-21-24(32)30(14-15-31)23(27(21)17-19(28)22(20)36-27)25(33)29(13-4-2)18-11-8-7-9-12-18/h3-4,18-23,31H,1-2,5-17H2/t19?,20-,21+,22-,23?,27?/m1/s1. The Morgan fingerprint density at radius 1 is 1.22 bits per heavy atom. The minimum Gasteiger partial charge on any atom is -0.465 e. The number of esters is 1. The number of aliphatic hydroxyl groups excluding tert-OH is 1. The van der Waals surface area contributed by atoms with Gasteiger partial charge in [-0.25, -0.2) is 0 Å². The Kier molecular flexibility index (Phi) is 9.26. The number of fused-ring (bicyclic) bond motifs is 1. The predicted molar refractivity (Wildman–Crippen MR) is 145 cm³/mol. The number of alkyl halides is 1. The second-order valence-electron chi connectivity index (χ2n) is 10.4. The van der Waals surface area contributed by atoms with Crippen LogP contribution in [0.2, 0.25) is 0 Å². The first-order chi connectivity index (χ1) is 17.4. The van der Waals surface area contributed by atoms with Gasteiger partial charge in [-0.15, -0.1) is 24.9 Å². The lowest BCUT2D eigenvalue weighted by Crippen LogP contribution is -2.57. The Hall–Kier alpha value is -1.32. The molecule has 36 heavy (non-hydrogen) atoms. The zero-order valence-electron chi connectivity index (χ0n) is 21.0. The number of thioether (sulfide) groups is 1. The number of hydrogen-bond acceptors (Lipinski definition) is 6. The molecule has 1 aliphatic carbocycles. The van der Waals surface area contributed by atoms with Crippen LogP contribution in [0.4, 0.5) is 0 Å². The molecule has 3 saturated heterocycles. The first-order valence-electron chi connectivity index (χ1n) is 13.3. The molecule has 2 amide bonds. The molecule has 1 saturated carbocycles. The molecule has 4 rings (SSSR count). The van der Waals surface area contributed by atoms with E-state index in [2.05, 4.69) is 29.1 Å². The zero-order valence-corrected chi connectivity index (χ0v) is 23.4. The third-order valence-corrected chi connectivity index (χ3v) is 11.5. The summed E-state index contributed by atoms with van der Waals surface area (Å²) in [7, 11) is 0. The van der Waals surface area contributed by atoms with Gasteiger partial charge >= 0.3 is 5.97 Å². The monoisotopic (exact) mass is 582 g/mol. The number of carbonyl (C=O) groups excluding carboxylic acids is 3. The summed E-state index contributed by atoms with van der Waals surface area (Å²) in [5, 5.41) is 9.71. The summed E-state index contributed by atoms with van der Waals surface area (Å²) in [6.07, 6.45) is 12.0. The van der Waals surface area contributed by atoms with Crippen LogP contribution in [0.3, 0.4) is 0 Å². The van der Waals surface area contributed by atoms with Gasteiger partial charge in [0.15, 0.2) is 0 Å². The molecule has 200 valence electrons. The number of hydrogen-bond donors (Lipinski definition) is 1. The minimum atomic E-state index is -0.706. The van der Waals surface area contributed by atoms with E-state index in [4.69, 9.17) is 4.74 Å². The first-order valence-corrected chi connectivity index (χ1v) is 15.1. The van der Waals surface area contributed by atoms with Gasteiger partial charge in [0.1, 0.15) is 6.04 Å². The molecule has 2 bridgehead atoms. The number of allylic oxidation sites excluding steroid dienone is 1. The molecule has 0 aromatic heterocycles. The maximum absolute atomic E-state index is 14.3. The van der Waals surface area contributed by atoms with Gasteiger partial charge in [0.25, 0.3) is 0 Å². The van der Waals surface area contributed by atoms with E-state index in [0.29, 0.717) is 19.6 Å². The quantitative estimate of drug-likeness (QED) is 0.163. The summed E-state index contributed by atoms with van der Waals surface area (Å²) < 4.78 is 4.96. The van der Waals surface area contributed by atoms with E-state index in [1.165, 1.54) is 6.42 Å². The van der Waals surface area contributed by atoms with Crippen molar-refractivity contribution in [2.45, 2.75) is 84.7 Å². The Bertz CT molecular complexity index is 865. The van der Waals surface area contributed by atoms with Crippen LogP contribution in [-0.2, 0) is 19.1 Å². The number of β-amino-alcohol motifs (C(OH)–C–C–N with tert-alkyl or cyclic N) is 1. The van der Waals surface area contributed by atoms with Crippen molar-refractivity contribution in [3.05, 3.63) is 25.3 Å². The molecular weight excluding hydrogens is 544 g/mol. The summed E-state index contributed by atoms with van der Waals surface area (Å²) in [5.41, 5.74) is 0. The van der Waals surface area contributed by atoms with Crippen molar-refractivity contribution in [2.75, 3.05) is 26.3 Å². The van der Waals surface area contributed by atoms with Crippen molar-refractivity contribution in [3.63, 3.8) is 0 Å². The van der Waals surface area contributed by atoms with Crippen LogP contribution >= 0.6 is 27.7 Å². The Morgan fingerprint density at radius 2 is 1.97 bits per heavy atom. The molecule has 1 N–H and O–H groups in total. The number of aliphatic hydroxyl groups is 1. The zero-order chi connectivity index (χ0) is 25.9. The molecule has 3 unspecified atom stereocenters. The van der Waals surface area contributed by atoms with Crippen LogP contribution in [0.15, 0.2) is 25.3 Å². The lowest BCUT2D eigenvalue weighted by molar-refractivity contribution is -0.154. The van der Waals surface area contributed by atoms with Gasteiger partial charge < -0.3 is 19.6 Å². The fourth-order valence-corrected chi connectivity index (χ4v) is 10.4. The van der Waals surface area contributed by atoms with E-state index in [1.807, 2.05) is 11.0 Å². The van der Waals surface area contributed by atoms with Gasteiger partial charge in [0, 0.05) is 29.2 Å². The van der Waals surface area contributed by atoms with Crippen LogP contribution < -0.4 is 0 Å². The van der Waals surface area contributed by atoms with Crippen molar-refractivity contribution in [3.8, 4) is 0 Å². The van der Waals surface area contributed by atoms with Gasteiger partial charge in [-0.1, -0.05) is 47.3 Å². The molecule has 0 radical (unpaired) electrons. The molecule has 7 nitrogen and oxygen atoms in total. The second-order valence-corrected chi connectivity index (χ2v) is 13.2. The van der Waals surface area contributed by atoms with Crippen molar-refractivity contribution in [1.82, 2.24) is 9.80 Å². The Balaban J connectivity index is 1.62. The molecule has 3 aliphatic heterocycles. The number of nitrogens with zero attached hydrogens (tertiary/aromatic N) is 2. The van der Waals surface area contributed by atoms with E-state index in [0.717, 1.165) is 44.9 Å². The van der Waals surface area contributed by atoms with Crippen molar-refractivity contribution in [2.24, 2.45) is 11.8 Å². The normalized spacial score (nSPS) is 33.4. The molecule has 0 aromatic carbocycles. The van der Waals surface area contributed by atoms with E-state index in [-0.39, 0.29) is 47.1 Å². The number of rotatable bonds is 12. The number of carbonyl (C=O) groups is 3. The molecule has 3 heterocycles. The molecule has 9 heteroatoms. The average molecular weight is 584 g/mol. The van der Waals surface area contributed by atoms with Gasteiger partial charge in [0.2, 0.25) is 11.8 Å². The van der Waals surface area contributed by atoms with Gasteiger partial charge in [-0.05, 0) is 38.5 Å². The van der Waals surface area contributed by atoms with E-state index < -0.39 is 22.6 Å². The van der Waals surface area contributed by atoms with Crippen LogP contribution in [0.25, 0.3) is 0 Å². The van der Waals surface area contributed by atoms with E-state index in [9.17, 15) is 19.5 Å². The van der Waals surface area contributed by atoms with Gasteiger partial charge in [-0.2, -0.15) is 0 Å². The number of likely N-dealkylation sites (tertiary alicyclic amines) is 1. The molecule has 1 spiro atoms. The summed E-state index contributed by atoms with van der Waals surface area (Å²) in [5.74, 6) is -1.83. The van der Waals surface area contributed by atoms with Crippen LogP contribution in [-0.4, -0.2) is 85.9 Å². The summed E-state index contributed by atoms with van der Waals surface area (Å²) >= 11 is 5.39. The highest BCUT2D eigenvalue weighted by Crippen LogP contribution is 2.68. The molecule has 6 atom stereocenters. The fraction of sp³-hybridized carbons (Fsp3) is 0.741. The smallest absolute Gasteiger partial charge is 0.310 e. The SMILES string of the molecule is C=CCCCCOC(=O)[C@H]1[C@@H]2SC3(CC2Br)C(C(=O)N(CC=C)C2CCCCC2)N(CCO)C(=O)[C@H]13. The second kappa shape index (κ2) is 12.0. The highest BCUT2D eigenvalue weighted by molar-refractivity contribution is 9.09. The summed E-state index contributed by atoms with van der Waals surface area (Å²) in [6.45, 7) is 8.22. The lowest BCUT2D eigenvalue weighted by atomic mass is 9.71. The van der Waals surface area contributed by atoms with Gasteiger partial charge in [-0.3, -0.25) is 14.4 Å². The molecular formula is C27H39BrN2O5S. The molecule has 4 aliphatic rings. The Morgan fingerprint density at radius 3 is 2.64 bits per heavy atom. The van der Waals surface area contributed by atoms with E-state index >= 15 is 0 Å². The number of amides is 2. The third kappa shape index (κ3) is 4.92. The summed E-state index contributed by atoms with van der Waals surface area (Å²) in [6, 6.07) is -0.574. The lowest BCUT2D eigenvalue weighted by Gasteiger charge is -2.41. The Labute approximate surface area is 227 Å². The topological polar surface area (TPSA) is 87.2 Å². The highest BCUT2D eigenvalue weighted by atomic mass is 79.9. The van der Waals surface area contributed by atoms with Crippen LogP contribution in [0.5, 0.6) is 0 Å². The van der Waals surface area contributed by atoms with E-state index in [1.54, 1.807) is 22.7 Å². The number of halogens is 1. The van der Waals surface area contributed by atoms with Crippen molar-refractivity contribution in [1.29, 1.82) is 0 Å². The largest absolute Gasteiger partial charge is 0.465 e. The van der Waals surface area contributed by atoms with Crippen LogP contribution in [0, 0.1) is 11.8 Å². The maximum Gasteiger partial charge on any atom is 0.310 e. The molecule has 4 fully saturated rings. The predicted octanol–water partition coefficient (Wildman–Crippen LogP) is 3.69. The van der Waals surface area contributed by atoms with Crippen molar-refractivity contribution < 1.29 is 24.2 Å². The van der Waals surface area contributed by atoms with Gasteiger partial charge in [0.05, 0.1) is 29.8 Å².